The number of thiocarbonyl (C=S) groups is 1. The molecule has 1 fully saturated rings. The molecule has 3 N–H and O–H groups in total. The van der Waals surface area contributed by atoms with Crippen molar-refractivity contribution in [2.45, 2.75) is 29.4 Å². The van der Waals surface area contributed by atoms with E-state index in [4.69, 9.17) is 18.0 Å². The van der Waals surface area contributed by atoms with E-state index in [9.17, 15) is 8.42 Å². The largest absolute Gasteiger partial charge is 0.388 e. The Morgan fingerprint density at radius 2 is 2.40 bits per heavy atom. The van der Waals surface area contributed by atoms with Crippen LogP contribution >= 0.6 is 24.0 Å². The summed E-state index contributed by atoms with van der Waals surface area (Å²) < 4.78 is 27.4. The summed E-state index contributed by atoms with van der Waals surface area (Å²) in [5, 5.41) is 0. The Bertz CT molecular complexity index is 610. The quantitative estimate of drug-likeness (QED) is 0.791. The predicted molar refractivity (Wildman–Crippen MR) is 85.4 cm³/mol. The van der Waals surface area contributed by atoms with Gasteiger partial charge in [-0.05, 0) is 37.7 Å². The number of rotatable bonds is 5. The van der Waals surface area contributed by atoms with Crippen molar-refractivity contribution in [1.82, 2.24) is 9.71 Å². The van der Waals surface area contributed by atoms with Gasteiger partial charge in [-0.15, -0.1) is 0 Å². The van der Waals surface area contributed by atoms with Crippen LogP contribution in [0.5, 0.6) is 0 Å². The zero-order chi connectivity index (χ0) is 14.8. The van der Waals surface area contributed by atoms with Crippen LogP contribution in [-0.4, -0.2) is 35.4 Å². The van der Waals surface area contributed by atoms with E-state index in [2.05, 4.69) is 16.6 Å². The van der Waals surface area contributed by atoms with Gasteiger partial charge in [-0.1, -0.05) is 12.2 Å². The lowest BCUT2D eigenvalue weighted by Gasteiger charge is -2.23. The second kappa shape index (κ2) is 5.97. The minimum absolute atomic E-state index is 0.0209. The second-order valence-corrected chi connectivity index (χ2v) is 8.80. The molecule has 20 heavy (non-hydrogen) atoms. The molecule has 8 heteroatoms. The molecule has 2 rings (SSSR count). The van der Waals surface area contributed by atoms with Gasteiger partial charge < -0.3 is 5.73 Å². The topological polar surface area (TPSA) is 85.1 Å². The summed E-state index contributed by atoms with van der Waals surface area (Å²) in [5.74, 6) is 1.07. The molecule has 1 aliphatic rings. The molecular weight excluding hydrogens is 314 g/mol. The summed E-state index contributed by atoms with van der Waals surface area (Å²) in [6, 6.07) is 3.02. The van der Waals surface area contributed by atoms with Crippen molar-refractivity contribution in [2.24, 2.45) is 5.73 Å². The molecule has 1 atom stereocenters. The normalized spacial score (nSPS) is 22.9. The maximum absolute atomic E-state index is 12.4. The zero-order valence-electron chi connectivity index (χ0n) is 11.1. The number of nitrogens with zero attached hydrogens (tertiary/aromatic N) is 1. The van der Waals surface area contributed by atoms with Crippen molar-refractivity contribution in [3.8, 4) is 0 Å². The van der Waals surface area contributed by atoms with Gasteiger partial charge in [-0.3, -0.25) is 4.98 Å². The van der Waals surface area contributed by atoms with Crippen LogP contribution in [0.15, 0.2) is 23.2 Å². The van der Waals surface area contributed by atoms with Gasteiger partial charge in [0.1, 0.15) is 15.6 Å². The van der Waals surface area contributed by atoms with E-state index in [0.717, 1.165) is 18.6 Å². The monoisotopic (exact) mass is 331 g/mol. The fourth-order valence-corrected chi connectivity index (χ4v) is 5.00. The molecule has 0 spiro atoms. The molecule has 0 aromatic carbocycles. The van der Waals surface area contributed by atoms with Gasteiger partial charge in [0, 0.05) is 17.5 Å². The first-order valence-electron chi connectivity index (χ1n) is 6.22. The van der Waals surface area contributed by atoms with Crippen molar-refractivity contribution >= 4 is 39.0 Å². The van der Waals surface area contributed by atoms with E-state index in [-0.39, 0.29) is 20.3 Å². The maximum atomic E-state index is 12.4. The summed E-state index contributed by atoms with van der Waals surface area (Å²) in [6.45, 7) is 2.47. The smallest absolute Gasteiger partial charge is 0.242 e. The number of thioether (sulfide) groups is 1. The van der Waals surface area contributed by atoms with Crippen molar-refractivity contribution in [2.75, 3.05) is 12.3 Å². The number of hydrogen-bond donors (Lipinski definition) is 2. The number of nitrogens with two attached hydrogens (primary N) is 1. The summed E-state index contributed by atoms with van der Waals surface area (Å²) in [4.78, 5) is 3.97. The van der Waals surface area contributed by atoms with Gasteiger partial charge in [0.25, 0.3) is 0 Å². The first-order chi connectivity index (χ1) is 9.34. The second-order valence-electron chi connectivity index (χ2n) is 4.94. The van der Waals surface area contributed by atoms with E-state index in [1.54, 1.807) is 17.8 Å². The van der Waals surface area contributed by atoms with E-state index in [1.807, 2.05) is 0 Å². The van der Waals surface area contributed by atoms with Crippen LogP contribution in [0.4, 0.5) is 0 Å². The van der Waals surface area contributed by atoms with Gasteiger partial charge in [0.15, 0.2) is 0 Å². The molecule has 2 heterocycles. The predicted octanol–water partition coefficient (Wildman–Crippen LogP) is 1.28. The summed E-state index contributed by atoms with van der Waals surface area (Å²) in [5.41, 5.74) is 5.67. The number of pyridine rings is 1. The van der Waals surface area contributed by atoms with Gasteiger partial charge >= 0.3 is 0 Å². The number of nitrogens with one attached hydrogen (secondary N) is 1. The van der Waals surface area contributed by atoms with Gasteiger partial charge in [-0.25, -0.2) is 13.1 Å². The Balaban J connectivity index is 2.20. The van der Waals surface area contributed by atoms with Gasteiger partial charge in [0.2, 0.25) is 10.0 Å². The summed E-state index contributed by atoms with van der Waals surface area (Å²) >= 11 is 6.65. The highest BCUT2D eigenvalue weighted by Gasteiger charge is 2.31. The number of sulfonamides is 1. The highest BCUT2D eigenvalue weighted by molar-refractivity contribution is 8.01. The van der Waals surface area contributed by atoms with Crippen molar-refractivity contribution in [1.29, 1.82) is 0 Å². The Kier molecular flexibility index (Phi) is 4.68. The van der Waals surface area contributed by atoms with E-state index >= 15 is 0 Å². The van der Waals surface area contributed by atoms with Crippen LogP contribution in [0.3, 0.4) is 0 Å². The average molecular weight is 331 g/mol. The van der Waals surface area contributed by atoms with E-state index in [1.165, 1.54) is 12.3 Å². The third-order valence-corrected chi connectivity index (χ3v) is 6.39. The average Bonchev–Trinajstić information content (AvgIpc) is 2.84. The molecule has 1 unspecified atom stereocenters. The first-order valence-corrected chi connectivity index (χ1v) is 9.10. The highest BCUT2D eigenvalue weighted by Crippen LogP contribution is 2.37. The van der Waals surface area contributed by atoms with Gasteiger partial charge in [0.05, 0.1) is 0 Å². The molecule has 0 aliphatic carbocycles. The van der Waals surface area contributed by atoms with Crippen LogP contribution in [0.2, 0.25) is 0 Å². The molecular formula is C12H17N3O2S3. The fraction of sp³-hybridized carbons (Fsp3) is 0.500. The van der Waals surface area contributed by atoms with E-state index < -0.39 is 10.0 Å². The SMILES string of the molecule is CC1(CNS(=O)(=O)c2cccnc2C(N)=S)CCCS1. The molecule has 1 aromatic heterocycles. The summed E-state index contributed by atoms with van der Waals surface area (Å²) in [6.07, 6.45) is 3.60. The molecule has 1 aromatic rings. The Morgan fingerprint density at radius 1 is 1.65 bits per heavy atom. The molecule has 5 nitrogen and oxygen atoms in total. The minimum atomic E-state index is -3.65. The Hall–Kier alpha value is -0.700. The molecule has 0 radical (unpaired) electrons. The van der Waals surface area contributed by atoms with Crippen molar-refractivity contribution in [3.05, 3.63) is 24.0 Å². The molecule has 1 saturated heterocycles. The van der Waals surface area contributed by atoms with Crippen LogP contribution in [0.1, 0.15) is 25.5 Å². The lowest BCUT2D eigenvalue weighted by atomic mass is 10.1. The van der Waals surface area contributed by atoms with Crippen LogP contribution in [0, 0.1) is 0 Å². The minimum Gasteiger partial charge on any atom is -0.388 e. The molecule has 0 bridgehead atoms. The molecule has 0 amide bonds. The molecule has 0 saturated carbocycles. The molecule has 110 valence electrons. The van der Waals surface area contributed by atoms with E-state index in [0.29, 0.717) is 6.54 Å². The number of hydrogen-bond acceptors (Lipinski definition) is 5. The Labute approximate surface area is 128 Å². The standard InChI is InChI=1S/C12H17N3O2S3/c1-12(5-3-7-19-12)8-15-20(16,17)9-4-2-6-14-10(9)11(13)18/h2,4,6,15H,3,5,7-8H2,1H3,(H2,13,18). The third-order valence-electron chi connectivity index (χ3n) is 3.23. The number of aromatic nitrogens is 1. The molecule has 1 aliphatic heterocycles. The maximum Gasteiger partial charge on any atom is 0.242 e. The summed E-state index contributed by atoms with van der Waals surface area (Å²) in [7, 11) is -3.65. The van der Waals surface area contributed by atoms with Crippen LogP contribution in [-0.2, 0) is 10.0 Å². The fourth-order valence-electron chi connectivity index (χ4n) is 2.09. The third kappa shape index (κ3) is 3.49. The Morgan fingerprint density at radius 3 is 3.00 bits per heavy atom. The highest BCUT2D eigenvalue weighted by atomic mass is 32.2. The van der Waals surface area contributed by atoms with Gasteiger partial charge in [-0.2, -0.15) is 11.8 Å². The van der Waals surface area contributed by atoms with Crippen molar-refractivity contribution in [3.63, 3.8) is 0 Å². The van der Waals surface area contributed by atoms with Crippen molar-refractivity contribution < 1.29 is 8.42 Å². The van der Waals surface area contributed by atoms with Crippen LogP contribution < -0.4 is 10.5 Å². The van der Waals surface area contributed by atoms with Crippen LogP contribution in [0.25, 0.3) is 0 Å². The lowest BCUT2D eigenvalue weighted by Crippen LogP contribution is -2.37. The first kappa shape index (κ1) is 15.7. The lowest BCUT2D eigenvalue weighted by molar-refractivity contribution is 0.552. The zero-order valence-corrected chi connectivity index (χ0v) is 13.6.